The molecule has 0 saturated heterocycles. The van der Waals surface area contributed by atoms with Crippen molar-refractivity contribution in [1.29, 1.82) is 0 Å². The van der Waals surface area contributed by atoms with Crippen molar-refractivity contribution in [3.8, 4) is 5.75 Å². The summed E-state index contributed by atoms with van der Waals surface area (Å²) in [7, 11) is 3.04. The molecule has 1 aromatic carbocycles. The van der Waals surface area contributed by atoms with Gasteiger partial charge in [-0.05, 0) is 38.6 Å². The molecule has 4 aliphatic rings. The maximum atomic E-state index is 13.8. The fourth-order valence-corrected chi connectivity index (χ4v) is 8.43. The number of thioether (sulfide) groups is 1. The number of aromatic hydroxyl groups is 1. The Balaban J connectivity index is 1.74. The van der Waals surface area contributed by atoms with E-state index in [4.69, 9.17) is 5.73 Å². The fourth-order valence-electron chi connectivity index (χ4n) is 6.89. The Morgan fingerprint density at radius 2 is 1.82 bits per heavy atom. The summed E-state index contributed by atoms with van der Waals surface area (Å²) in [4.78, 5) is 40.8. The zero-order valence-corrected chi connectivity index (χ0v) is 21.9. The molecule has 0 spiro atoms. The van der Waals surface area contributed by atoms with Crippen LogP contribution in [0.5, 0.6) is 5.75 Å². The van der Waals surface area contributed by atoms with Gasteiger partial charge in [0.15, 0.2) is 11.4 Å². The van der Waals surface area contributed by atoms with Crippen molar-refractivity contribution < 1.29 is 39.9 Å². The number of aliphatic hydroxyl groups is 4. The van der Waals surface area contributed by atoms with Crippen LogP contribution in [0.4, 0.5) is 0 Å². The van der Waals surface area contributed by atoms with E-state index < -0.39 is 70.1 Å². The lowest BCUT2D eigenvalue weighted by atomic mass is 9.55. The van der Waals surface area contributed by atoms with Crippen LogP contribution in [-0.4, -0.2) is 90.8 Å². The van der Waals surface area contributed by atoms with Crippen LogP contribution in [-0.2, 0) is 9.59 Å². The lowest BCUT2D eigenvalue weighted by molar-refractivity contribution is -0.162. The van der Waals surface area contributed by atoms with E-state index in [9.17, 15) is 39.9 Å². The molecule has 10 nitrogen and oxygen atoms in total. The second kappa shape index (κ2) is 9.41. The van der Waals surface area contributed by atoms with Gasteiger partial charge in [-0.2, -0.15) is 11.8 Å². The molecule has 1 amide bonds. The van der Waals surface area contributed by atoms with Gasteiger partial charge < -0.3 is 31.3 Å². The molecule has 0 radical (unpaired) electrons. The number of carbonyl (C=O) groups excluding carboxylic acids is 3. The van der Waals surface area contributed by atoms with Crippen LogP contribution in [0.1, 0.15) is 47.5 Å². The molecule has 204 valence electrons. The first-order chi connectivity index (χ1) is 17.9. The van der Waals surface area contributed by atoms with E-state index >= 15 is 0 Å². The fraction of sp³-hybridized carbons (Fsp3) is 0.519. The number of ketones is 2. The number of Topliss-reactive ketones (excluding diaryl/α,β-unsaturated/α-hetero) is 2. The van der Waals surface area contributed by atoms with Gasteiger partial charge in [-0.3, -0.25) is 19.3 Å². The number of primary amides is 1. The largest absolute Gasteiger partial charge is 0.510 e. The van der Waals surface area contributed by atoms with Crippen molar-refractivity contribution in [3.63, 3.8) is 0 Å². The first-order valence-electron chi connectivity index (χ1n) is 12.7. The molecule has 11 heteroatoms. The van der Waals surface area contributed by atoms with E-state index in [0.717, 1.165) is 25.7 Å². The van der Waals surface area contributed by atoms with Crippen molar-refractivity contribution in [1.82, 2.24) is 4.90 Å². The van der Waals surface area contributed by atoms with E-state index in [1.807, 2.05) is 0 Å². The third kappa shape index (κ3) is 3.63. The molecule has 6 atom stereocenters. The third-order valence-corrected chi connectivity index (χ3v) is 10.1. The topological polar surface area (TPSA) is 182 Å². The van der Waals surface area contributed by atoms with E-state index in [1.54, 1.807) is 23.9 Å². The minimum atomic E-state index is -2.91. The summed E-state index contributed by atoms with van der Waals surface area (Å²) in [5.41, 5.74) is 1.63. The van der Waals surface area contributed by atoms with Crippen LogP contribution in [0.2, 0.25) is 0 Å². The predicted octanol–water partition coefficient (Wildman–Crippen LogP) is 1.31. The Labute approximate surface area is 223 Å². The Morgan fingerprint density at radius 3 is 2.42 bits per heavy atom. The Kier molecular flexibility index (Phi) is 6.62. The number of benzene rings is 1. The molecule has 0 bridgehead atoms. The van der Waals surface area contributed by atoms with Crippen LogP contribution in [0.15, 0.2) is 40.9 Å². The van der Waals surface area contributed by atoms with Gasteiger partial charge in [0.1, 0.15) is 22.8 Å². The molecular formula is C27H32N2O8S. The summed E-state index contributed by atoms with van der Waals surface area (Å²) in [5, 5.41) is 57.2. The summed E-state index contributed by atoms with van der Waals surface area (Å²) >= 11 is 1.69. The van der Waals surface area contributed by atoms with Crippen LogP contribution in [0, 0.1) is 11.8 Å². The Hall–Kier alpha value is -2.86. The lowest BCUT2D eigenvalue weighted by Crippen LogP contribution is -2.68. The van der Waals surface area contributed by atoms with Crippen molar-refractivity contribution in [2.75, 3.05) is 19.8 Å². The number of amides is 1. The van der Waals surface area contributed by atoms with Gasteiger partial charge in [-0.25, -0.2) is 0 Å². The Bertz CT molecular complexity index is 1280. The highest BCUT2D eigenvalue weighted by Gasteiger charge is 2.67. The van der Waals surface area contributed by atoms with Gasteiger partial charge in [0.25, 0.3) is 5.91 Å². The SMILES string of the molecule is CN(C)[C@@H]1C(O)=C(C(N)=O)C(=O)[C@@]2(O)C(O)=C3C(=O)c4c(O)cccc4C(CSC4CCCC4)[C@H]3[C@H](O)[C@@H]12. The van der Waals surface area contributed by atoms with Crippen LogP contribution < -0.4 is 5.73 Å². The predicted molar refractivity (Wildman–Crippen MR) is 139 cm³/mol. The molecule has 1 aromatic rings. The molecule has 1 saturated carbocycles. The monoisotopic (exact) mass is 544 g/mol. The average Bonchev–Trinajstić information content (AvgIpc) is 3.37. The summed E-state index contributed by atoms with van der Waals surface area (Å²) in [6.07, 6.45) is 2.72. The summed E-state index contributed by atoms with van der Waals surface area (Å²) in [6, 6.07) is 3.37. The molecule has 7 N–H and O–H groups in total. The zero-order chi connectivity index (χ0) is 27.7. The van der Waals surface area contributed by atoms with Gasteiger partial charge in [0, 0.05) is 28.4 Å². The molecule has 38 heavy (non-hydrogen) atoms. The van der Waals surface area contributed by atoms with Gasteiger partial charge in [-0.15, -0.1) is 0 Å². The van der Waals surface area contributed by atoms with Gasteiger partial charge >= 0.3 is 0 Å². The molecule has 1 fully saturated rings. The first-order valence-corrected chi connectivity index (χ1v) is 13.7. The van der Waals surface area contributed by atoms with Crippen molar-refractivity contribution in [2.24, 2.45) is 17.6 Å². The third-order valence-electron chi connectivity index (χ3n) is 8.61. The Morgan fingerprint density at radius 1 is 1.16 bits per heavy atom. The number of nitrogens with two attached hydrogens (primary N) is 1. The highest BCUT2D eigenvalue weighted by Crippen LogP contribution is 2.56. The van der Waals surface area contributed by atoms with Crippen LogP contribution >= 0.6 is 11.8 Å². The van der Waals surface area contributed by atoms with Crippen molar-refractivity contribution >= 4 is 29.2 Å². The summed E-state index contributed by atoms with van der Waals surface area (Å²) in [5.74, 6) is -8.22. The quantitative estimate of drug-likeness (QED) is 0.296. The van der Waals surface area contributed by atoms with Gasteiger partial charge in [-0.1, -0.05) is 25.0 Å². The number of likely N-dealkylation sites (N-methyl/N-ethyl adjacent to an activating group) is 1. The second-order valence-corrected chi connectivity index (χ2v) is 12.2. The highest BCUT2D eigenvalue weighted by molar-refractivity contribution is 7.99. The number of fused-ring (bicyclic) bond motifs is 3. The minimum Gasteiger partial charge on any atom is -0.510 e. The molecule has 5 rings (SSSR count). The number of rotatable bonds is 5. The van der Waals surface area contributed by atoms with E-state index in [2.05, 4.69) is 0 Å². The van der Waals surface area contributed by atoms with E-state index in [-0.39, 0.29) is 16.9 Å². The molecule has 0 aromatic heterocycles. The second-order valence-electron chi connectivity index (χ2n) is 10.8. The lowest BCUT2D eigenvalue weighted by Gasteiger charge is -2.53. The zero-order valence-electron chi connectivity index (χ0n) is 21.1. The maximum Gasteiger partial charge on any atom is 0.255 e. The number of hydrogen-bond acceptors (Lipinski definition) is 10. The smallest absolute Gasteiger partial charge is 0.255 e. The molecule has 4 aliphatic carbocycles. The number of phenolic OH excluding ortho intramolecular Hbond substituents is 1. The van der Waals surface area contributed by atoms with Gasteiger partial charge in [0.05, 0.1) is 23.6 Å². The minimum absolute atomic E-state index is 0.0579. The molecule has 1 unspecified atom stereocenters. The molecule has 0 aliphatic heterocycles. The highest BCUT2D eigenvalue weighted by atomic mass is 32.2. The average molecular weight is 545 g/mol. The molecular weight excluding hydrogens is 512 g/mol. The maximum absolute atomic E-state index is 13.8. The first kappa shape index (κ1) is 26.7. The normalized spacial score (nSPS) is 33.4. The standard InChI is InChI=1S/C27H32N2O8S/c1-29(2)20-19-22(32)16-13(10-38-11-6-3-4-7-11)12-8-5-9-14(30)15(12)21(31)17(16)24(34)27(19,37)25(35)18(23(20)33)26(28)36/h5,8-9,11,13,16,19-20,22,30,32-34,37H,3-4,6-7,10H2,1-2H3,(H2,28,36)/t13?,16-,19-,20+,22+,27+/m1/s1. The number of hydrogen-bond donors (Lipinski definition) is 6. The van der Waals surface area contributed by atoms with Crippen LogP contribution in [0.3, 0.4) is 0 Å². The van der Waals surface area contributed by atoms with Crippen LogP contribution in [0.25, 0.3) is 0 Å². The van der Waals surface area contributed by atoms with E-state index in [0.29, 0.717) is 16.6 Å². The number of aliphatic hydroxyl groups excluding tert-OH is 3. The van der Waals surface area contributed by atoms with Crippen molar-refractivity contribution in [2.45, 2.75) is 54.6 Å². The number of phenols is 1. The van der Waals surface area contributed by atoms with Crippen molar-refractivity contribution in [3.05, 3.63) is 52.0 Å². The van der Waals surface area contributed by atoms with Gasteiger partial charge in [0.2, 0.25) is 5.78 Å². The summed E-state index contributed by atoms with van der Waals surface area (Å²) in [6.45, 7) is 0. The van der Waals surface area contributed by atoms with E-state index in [1.165, 1.54) is 25.1 Å². The summed E-state index contributed by atoms with van der Waals surface area (Å²) < 4.78 is 0. The molecule has 0 heterocycles. The number of carbonyl (C=O) groups is 3. The number of nitrogens with zero attached hydrogens (tertiary/aromatic N) is 1.